The minimum absolute atomic E-state index is 0.0634. The number of halogens is 1. The van der Waals surface area contributed by atoms with E-state index in [0.717, 1.165) is 47.2 Å². The molecule has 2 aromatic carbocycles. The molecule has 4 N–H and O–H groups in total. The number of aromatic amines is 1. The van der Waals surface area contributed by atoms with Crippen LogP contribution in [0, 0.1) is 40.8 Å². The van der Waals surface area contributed by atoms with E-state index in [4.69, 9.17) is 0 Å². The molecule has 9 heteroatoms. The molecule has 0 aliphatic heterocycles. The van der Waals surface area contributed by atoms with Crippen LogP contribution in [0.2, 0.25) is 0 Å². The van der Waals surface area contributed by atoms with E-state index in [1.807, 2.05) is 18.2 Å². The van der Waals surface area contributed by atoms with Crippen molar-refractivity contribution in [1.82, 2.24) is 25.5 Å². The van der Waals surface area contributed by atoms with Crippen LogP contribution in [-0.4, -0.2) is 38.2 Å². The maximum Gasteiger partial charge on any atom is 0.230 e. The minimum atomic E-state index is -0.406. The van der Waals surface area contributed by atoms with Gasteiger partial charge in [-0.25, -0.2) is 14.4 Å². The van der Waals surface area contributed by atoms with Gasteiger partial charge in [0.15, 0.2) is 5.82 Å². The first-order valence-corrected chi connectivity index (χ1v) is 15.6. The largest absolute Gasteiger partial charge is 0.326 e. The van der Waals surface area contributed by atoms with Crippen molar-refractivity contribution in [1.29, 1.82) is 0 Å². The van der Waals surface area contributed by atoms with Crippen molar-refractivity contribution in [3.05, 3.63) is 71.9 Å². The number of anilines is 3. The van der Waals surface area contributed by atoms with Crippen LogP contribution >= 0.6 is 0 Å². The minimum Gasteiger partial charge on any atom is -0.326 e. The molecule has 1 amide bonds. The molecular formula is C35H38FN7O. The second-order valence-electron chi connectivity index (χ2n) is 13.5. The average Bonchev–Trinajstić information content (AvgIpc) is 3.41. The Bertz CT molecular complexity index is 1760. The molecule has 4 fully saturated rings. The van der Waals surface area contributed by atoms with Gasteiger partial charge >= 0.3 is 0 Å². The Morgan fingerprint density at radius 2 is 1.93 bits per heavy atom. The van der Waals surface area contributed by atoms with E-state index in [9.17, 15) is 9.18 Å². The van der Waals surface area contributed by atoms with Gasteiger partial charge in [0.05, 0.1) is 11.9 Å². The number of nitrogens with one attached hydrogen (secondary N) is 4. The predicted octanol–water partition coefficient (Wildman–Crippen LogP) is 6.35. The fraction of sp³-hybridized carbons (Fsp3) is 0.429. The molecule has 2 heterocycles. The Labute approximate surface area is 257 Å². The van der Waals surface area contributed by atoms with Gasteiger partial charge in [-0.15, -0.1) is 0 Å². The molecule has 0 saturated heterocycles. The summed E-state index contributed by atoms with van der Waals surface area (Å²) in [6, 6.07) is 13.5. The quantitative estimate of drug-likeness (QED) is 0.140. The van der Waals surface area contributed by atoms with Gasteiger partial charge in [0, 0.05) is 46.9 Å². The smallest absolute Gasteiger partial charge is 0.230 e. The fourth-order valence-corrected chi connectivity index (χ4v) is 8.39. The van der Waals surface area contributed by atoms with Crippen LogP contribution < -0.4 is 16.0 Å². The Hall–Kier alpha value is -4.29. The zero-order chi connectivity index (χ0) is 30.3. The first-order chi connectivity index (χ1) is 21.2. The number of carbonyl (C=O) groups excluding carboxylic acids is 1. The number of hydrogen-bond acceptors (Lipinski definition) is 6. The number of fused-ring (bicyclic) bond motifs is 1. The summed E-state index contributed by atoms with van der Waals surface area (Å²) in [6.45, 7) is 5.93. The van der Waals surface area contributed by atoms with Crippen molar-refractivity contribution < 1.29 is 9.18 Å². The highest BCUT2D eigenvalue weighted by atomic mass is 19.1. The molecule has 2 aromatic heterocycles. The molecule has 4 aliphatic rings. The van der Waals surface area contributed by atoms with E-state index in [1.165, 1.54) is 50.6 Å². The number of benzene rings is 2. The van der Waals surface area contributed by atoms with E-state index in [0.29, 0.717) is 34.0 Å². The Morgan fingerprint density at radius 1 is 1.09 bits per heavy atom. The summed E-state index contributed by atoms with van der Waals surface area (Å²) in [6.07, 6.45) is 9.21. The lowest BCUT2D eigenvalue weighted by molar-refractivity contribution is -0.115. The van der Waals surface area contributed by atoms with Crippen LogP contribution in [-0.2, 0) is 11.2 Å². The predicted molar refractivity (Wildman–Crippen MR) is 170 cm³/mol. The Balaban J connectivity index is 0.948. The molecule has 4 aliphatic carbocycles. The zero-order valence-corrected chi connectivity index (χ0v) is 25.2. The molecule has 8 rings (SSSR count). The van der Waals surface area contributed by atoms with Crippen LogP contribution in [0.3, 0.4) is 0 Å². The summed E-state index contributed by atoms with van der Waals surface area (Å²) in [4.78, 5) is 21.3. The SMILES string of the molecule is CC1C2CC3(C)CC1CC(NCCC#Cc1ccc4c(Nc5cc(CC(=O)Nc6cccc(F)c6)[nH]n5)ncnc4c1)(C2)C3. The van der Waals surface area contributed by atoms with Gasteiger partial charge in [-0.2, -0.15) is 5.10 Å². The zero-order valence-electron chi connectivity index (χ0n) is 25.2. The number of carbonyl (C=O) groups is 1. The molecule has 44 heavy (non-hydrogen) atoms. The molecular weight excluding hydrogens is 553 g/mol. The maximum atomic E-state index is 13.4. The van der Waals surface area contributed by atoms with Crippen molar-refractivity contribution in [2.24, 2.45) is 23.2 Å². The summed E-state index contributed by atoms with van der Waals surface area (Å²) in [7, 11) is 0. The number of hydrogen-bond donors (Lipinski definition) is 4. The van der Waals surface area contributed by atoms with Crippen LogP contribution in [0.4, 0.5) is 21.7 Å². The Kier molecular flexibility index (Phi) is 7.33. The van der Waals surface area contributed by atoms with Gasteiger partial charge in [-0.05, 0) is 91.7 Å². The van der Waals surface area contributed by atoms with Crippen molar-refractivity contribution in [2.45, 2.75) is 64.3 Å². The number of amides is 1. The summed E-state index contributed by atoms with van der Waals surface area (Å²) >= 11 is 0. The standard InChI is InChI=1S/C35H38FN7O/c1-22-24-16-34(2)17-25(22)19-35(18-24,20-34)39-11-4-3-6-23-9-10-29-30(12-23)37-21-38-33(29)41-31-14-28(42-43-31)15-32(44)40-27-8-5-7-26(36)13-27/h5,7-10,12-14,21-22,24-25,39H,4,11,15-20H2,1-2H3,(H,40,44)(H2,37,38,41,42,43). The molecule has 2 unspecified atom stereocenters. The lowest BCUT2D eigenvalue weighted by atomic mass is 9.44. The third-order valence-corrected chi connectivity index (χ3v) is 10.0. The number of aromatic nitrogens is 4. The highest BCUT2D eigenvalue weighted by Crippen LogP contribution is 2.63. The van der Waals surface area contributed by atoms with Crippen LogP contribution in [0.5, 0.6) is 0 Å². The number of rotatable bonds is 8. The highest BCUT2D eigenvalue weighted by Gasteiger charge is 2.58. The lowest BCUT2D eigenvalue weighted by Gasteiger charge is -2.64. The second kappa shape index (κ2) is 11.3. The molecule has 0 radical (unpaired) electrons. The first kappa shape index (κ1) is 28.5. The molecule has 8 nitrogen and oxygen atoms in total. The lowest BCUT2D eigenvalue weighted by Crippen LogP contribution is -2.63. The molecule has 2 atom stereocenters. The molecule has 226 valence electrons. The normalized spacial score (nSPS) is 26.8. The van der Waals surface area contributed by atoms with Gasteiger partial charge in [0.25, 0.3) is 0 Å². The van der Waals surface area contributed by atoms with Gasteiger partial charge in [0.1, 0.15) is 18.0 Å². The van der Waals surface area contributed by atoms with Gasteiger partial charge in [-0.1, -0.05) is 31.8 Å². The van der Waals surface area contributed by atoms with Crippen molar-refractivity contribution in [2.75, 3.05) is 17.2 Å². The van der Waals surface area contributed by atoms with Gasteiger partial charge in [0.2, 0.25) is 5.91 Å². The van der Waals surface area contributed by atoms with Crippen LogP contribution in [0.1, 0.15) is 63.6 Å². The monoisotopic (exact) mass is 591 g/mol. The van der Waals surface area contributed by atoms with E-state index in [-0.39, 0.29) is 12.3 Å². The van der Waals surface area contributed by atoms with E-state index >= 15 is 0 Å². The molecule has 0 spiro atoms. The van der Waals surface area contributed by atoms with Gasteiger partial charge < -0.3 is 16.0 Å². The third-order valence-electron chi connectivity index (χ3n) is 10.0. The third kappa shape index (κ3) is 5.91. The molecule has 4 saturated carbocycles. The topological polar surface area (TPSA) is 108 Å². The molecule has 4 bridgehead atoms. The number of H-pyrrole nitrogens is 1. The first-order valence-electron chi connectivity index (χ1n) is 15.6. The average molecular weight is 592 g/mol. The van der Waals surface area contributed by atoms with E-state index in [1.54, 1.807) is 18.2 Å². The second-order valence-corrected chi connectivity index (χ2v) is 13.5. The maximum absolute atomic E-state index is 13.4. The van der Waals surface area contributed by atoms with Crippen molar-refractivity contribution >= 4 is 34.1 Å². The Morgan fingerprint density at radius 3 is 2.75 bits per heavy atom. The van der Waals surface area contributed by atoms with Crippen LogP contribution in [0.25, 0.3) is 10.9 Å². The van der Waals surface area contributed by atoms with Gasteiger partial charge in [-0.3, -0.25) is 9.89 Å². The van der Waals surface area contributed by atoms with Crippen LogP contribution in [0.15, 0.2) is 54.9 Å². The van der Waals surface area contributed by atoms with E-state index < -0.39 is 5.82 Å². The summed E-state index contributed by atoms with van der Waals surface area (Å²) in [5.41, 5.74) is 3.57. The highest BCUT2D eigenvalue weighted by molar-refractivity contribution is 5.93. The van der Waals surface area contributed by atoms with Crippen molar-refractivity contribution in [3.63, 3.8) is 0 Å². The summed E-state index contributed by atoms with van der Waals surface area (Å²) < 4.78 is 13.4. The van der Waals surface area contributed by atoms with E-state index in [2.05, 4.69) is 61.8 Å². The summed E-state index contributed by atoms with van der Waals surface area (Å²) in [5, 5.41) is 17.9. The van der Waals surface area contributed by atoms with Crippen molar-refractivity contribution in [3.8, 4) is 11.8 Å². The molecule has 4 aromatic rings. The fourth-order valence-electron chi connectivity index (χ4n) is 8.39. The number of nitrogens with zero attached hydrogens (tertiary/aromatic N) is 3. The summed E-state index contributed by atoms with van der Waals surface area (Å²) in [5.74, 6) is 9.80.